The van der Waals surface area contributed by atoms with Crippen molar-refractivity contribution in [1.82, 2.24) is 4.90 Å². The van der Waals surface area contributed by atoms with Crippen molar-refractivity contribution in [2.75, 3.05) is 26.8 Å². The number of amides is 1. The number of aryl methyl sites for hydroxylation is 4. The zero-order valence-corrected chi connectivity index (χ0v) is 25.6. The lowest BCUT2D eigenvalue weighted by Crippen LogP contribution is -2.29. The summed E-state index contributed by atoms with van der Waals surface area (Å²) in [7, 11) is 1.49. The second-order valence-electron chi connectivity index (χ2n) is 12.8. The molecule has 5 nitrogen and oxygen atoms in total. The third kappa shape index (κ3) is 5.58. The molecule has 0 radical (unpaired) electrons. The molecule has 3 aromatic carbocycles. The molecule has 1 atom stereocenters. The van der Waals surface area contributed by atoms with Gasteiger partial charge in [-0.3, -0.25) is 9.59 Å². The number of likely N-dealkylation sites (tertiary alicyclic amines) is 1. The highest BCUT2D eigenvalue weighted by molar-refractivity contribution is 5.78. The summed E-state index contributed by atoms with van der Waals surface area (Å²) in [5.74, 6) is 1.32. The van der Waals surface area contributed by atoms with E-state index in [1.807, 2.05) is 4.90 Å². The molecule has 1 saturated heterocycles. The molecule has 5 heteroatoms. The normalized spacial score (nSPS) is 18.4. The van der Waals surface area contributed by atoms with Gasteiger partial charge in [-0.1, -0.05) is 36.4 Å². The van der Waals surface area contributed by atoms with E-state index in [2.05, 4.69) is 69.3 Å². The molecule has 42 heavy (non-hydrogen) atoms. The summed E-state index contributed by atoms with van der Waals surface area (Å²) in [5, 5.41) is 0. The topological polar surface area (TPSA) is 55.8 Å². The molecular formula is C37H43NO4. The monoisotopic (exact) mass is 565 g/mol. The highest BCUT2D eigenvalue weighted by Crippen LogP contribution is 2.64. The molecule has 3 aliphatic rings. The Balaban J connectivity index is 1.14. The van der Waals surface area contributed by atoms with Crippen LogP contribution in [0.15, 0.2) is 48.5 Å². The standard InChI is InChI=1S/C37H43NO4/c1-24-19-30(42-18-17-38-16-6-9-34(38)39)20-25(2)36(24)31-8-5-7-28(26(31)3)12-10-27-11-13-32-29(21-27)23-37(14-15-37)33(32)22-35(40)41-4/h5,7-8,11,13,19-21,33H,6,9-10,12,14-18,22-23H2,1-4H3. The van der Waals surface area contributed by atoms with E-state index in [4.69, 9.17) is 9.47 Å². The van der Waals surface area contributed by atoms with Crippen molar-refractivity contribution in [3.05, 3.63) is 87.5 Å². The van der Waals surface area contributed by atoms with Gasteiger partial charge in [-0.2, -0.15) is 0 Å². The lowest BCUT2D eigenvalue weighted by Gasteiger charge is -2.19. The van der Waals surface area contributed by atoms with Gasteiger partial charge in [0.15, 0.2) is 0 Å². The molecule has 1 unspecified atom stereocenters. The maximum absolute atomic E-state index is 12.1. The maximum atomic E-state index is 12.1. The summed E-state index contributed by atoms with van der Waals surface area (Å²) in [6.45, 7) is 8.59. The predicted molar refractivity (Wildman–Crippen MR) is 166 cm³/mol. The lowest BCUT2D eigenvalue weighted by molar-refractivity contribution is -0.141. The van der Waals surface area contributed by atoms with Crippen molar-refractivity contribution >= 4 is 11.9 Å². The van der Waals surface area contributed by atoms with Crippen LogP contribution in [0.25, 0.3) is 11.1 Å². The third-order valence-corrected chi connectivity index (χ3v) is 10.1. The fourth-order valence-corrected chi connectivity index (χ4v) is 7.55. The number of esters is 1. The molecule has 1 spiro atoms. The SMILES string of the molecule is COC(=O)CC1c2ccc(CCc3cccc(-c4c(C)cc(OCCN5CCCC5=O)cc4C)c3C)cc2CC12CC2. The van der Waals surface area contributed by atoms with Crippen LogP contribution in [0.2, 0.25) is 0 Å². The maximum Gasteiger partial charge on any atom is 0.306 e. The Bertz CT molecular complexity index is 1500. The first-order valence-corrected chi connectivity index (χ1v) is 15.6. The number of carbonyl (C=O) groups is 2. The predicted octanol–water partition coefficient (Wildman–Crippen LogP) is 7.05. The smallest absolute Gasteiger partial charge is 0.306 e. The zero-order chi connectivity index (χ0) is 29.4. The van der Waals surface area contributed by atoms with E-state index >= 15 is 0 Å². The molecule has 1 aliphatic heterocycles. The Morgan fingerprint density at radius 3 is 2.50 bits per heavy atom. The Hall–Kier alpha value is -3.60. The van der Waals surface area contributed by atoms with Crippen LogP contribution in [0.5, 0.6) is 5.75 Å². The van der Waals surface area contributed by atoms with Crippen molar-refractivity contribution in [3.63, 3.8) is 0 Å². The molecule has 2 fully saturated rings. The van der Waals surface area contributed by atoms with Crippen LogP contribution in [0.4, 0.5) is 0 Å². The van der Waals surface area contributed by atoms with Crippen LogP contribution in [-0.4, -0.2) is 43.6 Å². The summed E-state index contributed by atoms with van der Waals surface area (Å²) in [6, 6.07) is 17.9. The first kappa shape index (κ1) is 28.5. The van der Waals surface area contributed by atoms with Crippen LogP contribution in [-0.2, 0) is 33.6 Å². The Labute approximate surface area is 250 Å². The largest absolute Gasteiger partial charge is 0.492 e. The van der Waals surface area contributed by atoms with Gasteiger partial charge in [-0.15, -0.1) is 0 Å². The quantitative estimate of drug-likeness (QED) is 0.247. The van der Waals surface area contributed by atoms with Crippen LogP contribution in [0.1, 0.15) is 77.0 Å². The van der Waals surface area contributed by atoms with Crippen molar-refractivity contribution in [2.24, 2.45) is 5.41 Å². The van der Waals surface area contributed by atoms with Gasteiger partial charge in [0.2, 0.25) is 5.91 Å². The summed E-state index contributed by atoms with van der Waals surface area (Å²) in [5.41, 5.74) is 12.2. The van der Waals surface area contributed by atoms with Gasteiger partial charge in [0, 0.05) is 18.9 Å². The highest BCUT2D eigenvalue weighted by Gasteiger charge is 2.54. The number of carbonyl (C=O) groups excluding carboxylic acids is 2. The first-order chi connectivity index (χ1) is 20.3. The van der Waals surface area contributed by atoms with Gasteiger partial charge in [0.05, 0.1) is 20.1 Å². The molecule has 0 bridgehead atoms. The van der Waals surface area contributed by atoms with Crippen molar-refractivity contribution in [3.8, 4) is 16.9 Å². The second kappa shape index (κ2) is 11.6. The van der Waals surface area contributed by atoms with E-state index in [0.717, 1.165) is 38.0 Å². The molecule has 1 saturated carbocycles. The number of benzene rings is 3. The van der Waals surface area contributed by atoms with Crippen LogP contribution in [0.3, 0.4) is 0 Å². The zero-order valence-electron chi connectivity index (χ0n) is 25.6. The van der Waals surface area contributed by atoms with Crippen molar-refractivity contribution < 1.29 is 19.1 Å². The summed E-state index contributed by atoms with van der Waals surface area (Å²) in [4.78, 5) is 25.9. The van der Waals surface area contributed by atoms with E-state index in [1.165, 1.54) is 70.0 Å². The van der Waals surface area contributed by atoms with Gasteiger partial charge in [0.1, 0.15) is 12.4 Å². The first-order valence-electron chi connectivity index (χ1n) is 15.6. The Kier molecular flexibility index (Phi) is 7.87. The molecule has 1 amide bonds. The average molecular weight is 566 g/mol. The van der Waals surface area contributed by atoms with Gasteiger partial charge in [-0.25, -0.2) is 0 Å². The van der Waals surface area contributed by atoms with Crippen LogP contribution in [0, 0.1) is 26.2 Å². The fraction of sp³-hybridized carbons (Fsp3) is 0.459. The number of methoxy groups -OCH3 is 1. The van der Waals surface area contributed by atoms with E-state index in [0.29, 0.717) is 37.3 Å². The summed E-state index contributed by atoms with van der Waals surface area (Å²) < 4.78 is 11.1. The minimum atomic E-state index is -0.0959. The molecule has 0 N–H and O–H groups in total. The Morgan fingerprint density at radius 2 is 1.81 bits per heavy atom. The van der Waals surface area contributed by atoms with E-state index < -0.39 is 0 Å². The number of rotatable bonds is 10. The minimum Gasteiger partial charge on any atom is -0.492 e. The third-order valence-electron chi connectivity index (χ3n) is 10.1. The van der Waals surface area contributed by atoms with Crippen molar-refractivity contribution in [1.29, 1.82) is 0 Å². The number of ether oxygens (including phenoxy) is 2. The molecule has 3 aromatic rings. The fourth-order valence-electron chi connectivity index (χ4n) is 7.55. The molecule has 220 valence electrons. The van der Waals surface area contributed by atoms with E-state index in [9.17, 15) is 9.59 Å². The van der Waals surface area contributed by atoms with Gasteiger partial charge in [0.25, 0.3) is 0 Å². The van der Waals surface area contributed by atoms with Crippen LogP contribution >= 0.6 is 0 Å². The molecule has 2 aliphatic carbocycles. The van der Waals surface area contributed by atoms with Crippen molar-refractivity contribution in [2.45, 2.75) is 78.1 Å². The van der Waals surface area contributed by atoms with Gasteiger partial charge in [-0.05, 0) is 127 Å². The number of fused-ring (bicyclic) bond motifs is 1. The van der Waals surface area contributed by atoms with Gasteiger partial charge >= 0.3 is 5.97 Å². The lowest BCUT2D eigenvalue weighted by atomic mass is 9.86. The average Bonchev–Trinajstić information content (AvgIpc) is 3.53. The molecule has 1 heterocycles. The summed E-state index contributed by atoms with van der Waals surface area (Å²) >= 11 is 0. The molecular weight excluding hydrogens is 522 g/mol. The Morgan fingerprint density at radius 1 is 1.02 bits per heavy atom. The number of hydrogen-bond donors (Lipinski definition) is 0. The summed E-state index contributed by atoms with van der Waals surface area (Å²) in [6.07, 6.45) is 7.64. The van der Waals surface area contributed by atoms with E-state index in [-0.39, 0.29) is 11.9 Å². The second-order valence-corrected chi connectivity index (χ2v) is 12.8. The molecule has 6 rings (SSSR count). The number of nitrogens with zero attached hydrogens (tertiary/aromatic N) is 1. The van der Waals surface area contributed by atoms with Gasteiger partial charge < -0.3 is 14.4 Å². The highest BCUT2D eigenvalue weighted by atomic mass is 16.5. The number of hydrogen-bond acceptors (Lipinski definition) is 4. The minimum absolute atomic E-state index is 0.0959. The molecule has 0 aromatic heterocycles. The van der Waals surface area contributed by atoms with Crippen LogP contribution < -0.4 is 4.74 Å². The van der Waals surface area contributed by atoms with E-state index in [1.54, 1.807) is 0 Å².